The van der Waals surface area contributed by atoms with Crippen molar-refractivity contribution in [2.45, 2.75) is 175 Å². The molecule has 0 bridgehead atoms. The molecule has 1 aliphatic heterocycles. The van der Waals surface area contributed by atoms with Gasteiger partial charge in [0.15, 0.2) is 0 Å². The lowest BCUT2D eigenvalue weighted by molar-refractivity contribution is -0.155. The molecule has 0 aromatic carbocycles. The number of hydrogen-bond acceptors (Lipinski definition) is 7. The third-order valence-corrected chi connectivity index (χ3v) is 9.05. The highest BCUT2D eigenvalue weighted by Crippen LogP contribution is 2.26. The molecule has 1 amide bonds. The molecule has 0 aromatic rings. The third kappa shape index (κ3) is 22.8. The number of carbonyl (C=O) groups excluding carboxylic acids is 3. The van der Waals surface area contributed by atoms with Gasteiger partial charge in [-0.05, 0) is 92.3 Å². The Labute approximate surface area is 270 Å². The summed E-state index contributed by atoms with van der Waals surface area (Å²) in [5, 5.41) is 0.376. The molecule has 1 rings (SSSR count). The molecule has 1 saturated heterocycles. The highest BCUT2D eigenvalue weighted by Gasteiger charge is 2.24. The van der Waals surface area contributed by atoms with Crippen molar-refractivity contribution in [1.29, 1.82) is 0 Å². The Morgan fingerprint density at radius 3 is 1.77 bits per heavy atom. The molecule has 1 aliphatic rings. The van der Waals surface area contributed by atoms with Gasteiger partial charge in [0.2, 0.25) is 0 Å². The largest absolute Gasteiger partial charge is 0.462 e. The Balaban J connectivity index is 0.0000176. The summed E-state index contributed by atoms with van der Waals surface area (Å²) in [5.74, 6) is -0.386. The molecule has 0 aliphatic carbocycles. The van der Waals surface area contributed by atoms with Crippen LogP contribution in [0.25, 0.3) is 0 Å². The minimum absolute atomic E-state index is 0. The molecule has 43 heavy (non-hydrogen) atoms. The summed E-state index contributed by atoms with van der Waals surface area (Å²) >= 11 is 1.43. The first-order chi connectivity index (χ1) is 20.0. The van der Waals surface area contributed by atoms with E-state index >= 15 is 0 Å². The number of likely N-dealkylation sites (tertiary alicyclic amines) is 1. The number of carbonyl (C=O) groups is 3. The maximum absolute atomic E-state index is 13.3. The van der Waals surface area contributed by atoms with Crippen LogP contribution in [0.1, 0.15) is 158 Å². The van der Waals surface area contributed by atoms with Crippen LogP contribution in [0.3, 0.4) is 0 Å². The van der Waals surface area contributed by atoms with E-state index in [2.05, 4.69) is 25.8 Å². The number of thioether (sulfide) groups is 1. The summed E-state index contributed by atoms with van der Waals surface area (Å²) in [6, 6.07) is 0. The molecule has 8 heteroatoms. The number of ether oxygens (including phenoxy) is 2. The smallest absolute Gasteiger partial charge is 0.306 e. The first-order valence-corrected chi connectivity index (χ1v) is 18.0. The van der Waals surface area contributed by atoms with Gasteiger partial charge in [-0.25, -0.2) is 0 Å². The van der Waals surface area contributed by atoms with Crippen LogP contribution >= 0.6 is 11.8 Å². The van der Waals surface area contributed by atoms with Gasteiger partial charge in [0, 0.05) is 31.2 Å². The van der Waals surface area contributed by atoms with E-state index in [1.807, 2.05) is 25.7 Å². The van der Waals surface area contributed by atoms with Crippen molar-refractivity contribution >= 4 is 28.9 Å². The summed E-state index contributed by atoms with van der Waals surface area (Å²) < 4.78 is 11.4. The molecule has 254 valence electrons. The van der Waals surface area contributed by atoms with E-state index < -0.39 is 5.60 Å². The van der Waals surface area contributed by atoms with Crippen LogP contribution in [-0.2, 0) is 19.1 Å². The monoisotopic (exact) mass is 628 g/mol. The van der Waals surface area contributed by atoms with E-state index in [0.29, 0.717) is 37.6 Å². The molecule has 0 radical (unpaired) electrons. The number of nitrogens with zero attached hydrogens (tertiary/aromatic N) is 2. The van der Waals surface area contributed by atoms with Gasteiger partial charge in [-0.3, -0.25) is 14.4 Å². The van der Waals surface area contributed by atoms with Crippen molar-refractivity contribution in [2.75, 3.05) is 33.2 Å². The second kappa shape index (κ2) is 25.0. The fourth-order valence-electron chi connectivity index (χ4n) is 5.29. The van der Waals surface area contributed by atoms with Crippen molar-refractivity contribution in [3.63, 3.8) is 0 Å². The minimum Gasteiger partial charge on any atom is -0.462 e. The zero-order valence-corrected chi connectivity index (χ0v) is 28.9. The Bertz CT molecular complexity index is 720. The molecule has 7 nitrogen and oxygen atoms in total. The van der Waals surface area contributed by atoms with Gasteiger partial charge in [-0.2, -0.15) is 0 Å². The Hall–Kier alpha value is -1.28. The van der Waals surface area contributed by atoms with Crippen molar-refractivity contribution < 1.29 is 23.9 Å². The predicted octanol–water partition coefficient (Wildman–Crippen LogP) is 9.41. The lowest BCUT2D eigenvalue weighted by atomic mass is 10.0. The van der Waals surface area contributed by atoms with E-state index in [0.717, 1.165) is 51.6 Å². The number of unbranched alkanes of at least 4 members (excludes halogenated alkanes) is 8. The van der Waals surface area contributed by atoms with Crippen molar-refractivity contribution in [2.24, 2.45) is 0 Å². The van der Waals surface area contributed by atoms with Gasteiger partial charge < -0.3 is 19.3 Å². The quantitative estimate of drug-likeness (QED) is 0.0873. The van der Waals surface area contributed by atoms with Gasteiger partial charge in [0.05, 0.1) is 0 Å². The zero-order chi connectivity index (χ0) is 31.2. The number of hydrogen-bond donors (Lipinski definition) is 0. The van der Waals surface area contributed by atoms with E-state index in [9.17, 15) is 14.4 Å². The van der Waals surface area contributed by atoms with Gasteiger partial charge in [0.1, 0.15) is 11.7 Å². The topological polar surface area (TPSA) is 76.1 Å². The number of amides is 1. The maximum atomic E-state index is 13.3. The normalized spacial score (nSPS) is 14.4. The third-order valence-electron chi connectivity index (χ3n) is 7.79. The van der Waals surface area contributed by atoms with E-state index in [4.69, 9.17) is 9.47 Å². The van der Waals surface area contributed by atoms with Crippen LogP contribution < -0.4 is 0 Å². The number of rotatable bonds is 22. The molecule has 0 saturated carbocycles. The lowest BCUT2D eigenvalue weighted by Gasteiger charge is -2.30. The average Bonchev–Trinajstić information content (AvgIpc) is 2.92. The van der Waals surface area contributed by atoms with Crippen LogP contribution in [0.2, 0.25) is 0 Å². The standard InChI is InChI=1S/C34H64N2O5S.CH4/c1-7-9-11-13-15-19-29(20-16-14-12-10-8-2)40-31(37)21-17-25-36(26-18-22-32(38)41-34(3,4)5)33(39)42-30-23-27-35(6)28-24-30;/h29-30H,7-28H2,1-6H3;1H4. The van der Waals surface area contributed by atoms with E-state index in [-0.39, 0.29) is 37.1 Å². The summed E-state index contributed by atoms with van der Waals surface area (Å²) in [7, 11) is 2.12. The molecule has 0 N–H and O–H groups in total. The van der Waals surface area contributed by atoms with Crippen LogP contribution in [0.4, 0.5) is 4.79 Å². The van der Waals surface area contributed by atoms with Crippen LogP contribution in [0.5, 0.6) is 0 Å². The van der Waals surface area contributed by atoms with E-state index in [1.54, 1.807) is 0 Å². The fraction of sp³-hybridized carbons (Fsp3) is 0.914. The van der Waals surface area contributed by atoms with E-state index in [1.165, 1.54) is 63.1 Å². The molecular weight excluding hydrogens is 560 g/mol. The summed E-state index contributed by atoms with van der Waals surface area (Å²) in [6.07, 6.45) is 17.8. The van der Waals surface area contributed by atoms with Gasteiger partial charge in [0.25, 0.3) is 5.24 Å². The van der Waals surface area contributed by atoms with Crippen molar-refractivity contribution in [3.05, 3.63) is 0 Å². The zero-order valence-electron chi connectivity index (χ0n) is 28.1. The Morgan fingerprint density at radius 2 is 1.28 bits per heavy atom. The van der Waals surface area contributed by atoms with Gasteiger partial charge in [-0.15, -0.1) is 0 Å². The first-order valence-electron chi connectivity index (χ1n) is 17.1. The minimum atomic E-state index is -0.514. The lowest BCUT2D eigenvalue weighted by Crippen LogP contribution is -2.35. The highest BCUT2D eigenvalue weighted by atomic mass is 32.2. The summed E-state index contributed by atoms with van der Waals surface area (Å²) in [6.45, 7) is 13.0. The first kappa shape index (κ1) is 41.7. The second-order valence-electron chi connectivity index (χ2n) is 13.2. The Kier molecular flexibility index (Phi) is 24.2. The van der Waals surface area contributed by atoms with Crippen LogP contribution in [0.15, 0.2) is 0 Å². The maximum Gasteiger partial charge on any atom is 0.306 e. The molecule has 0 aromatic heterocycles. The van der Waals surface area contributed by atoms with Gasteiger partial charge >= 0.3 is 11.9 Å². The van der Waals surface area contributed by atoms with Crippen molar-refractivity contribution in [1.82, 2.24) is 9.80 Å². The van der Waals surface area contributed by atoms with Crippen LogP contribution in [0, 0.1) is 0 Å². The van der Waals surface area contributed by atoms with Gasteiger partial charge in [-0.1, -0.05) is 84.4 Å². The highest BCUT2D eigenvalue weighted by molar-refractivity contribution is 8.14. The SMILES string of the molecule is C.CCCCCCCC(CCCCCCC)OC(=O)CCCN(CCCC(=O)OC(C)(C)C)C(=O)SC1CCN(C)CC1. The summed E-state index contributed by atoms with van der Waals surface area (Å²) in [4.78, 5) is 42.5. The fourth-order valence-corrected chi connectivity index (χ4v) is 6.36. The predicted molar refractivity (Wildman–Crippen MR) is 183 cm³/mol. The Morgan fingerprint density at radius 1 is 0.791 bits per heavy atom. The average molecular weight is 629 g/mol. The van der Waals surface area contributed by atoms with Crippen LogP contribution in [-0.4, -0.2) is 77.2 Å². The molecule has 1 heterocycles. The second-order valence-corrected chi connectivity index (χ2v) is 14.4. The molecular formula is C35H68N2O5S. The number of piperidine rings is 1. The molecule has 0 unspecified atom stereocenters. The number of esters is 2. The molecule has 0 atom stereocenters. The molecule has 1 fully saturated rings. The summed E-state index contributed by atoms with van der Waals surface area (Å²) in [5.41, 5.74) is -0.514. The molecule has 0 spiro atoms. The van der Waals surface area contributed by atoms with Crippen molar-refractivity contribution in [3.8, 4) is 0 Å².